The average Bonchev–Trinajstić information content (AvgIpc) is 2.87. The molecule has 0 amide bonds. The number of allylic oxidation sites excluding steroid dienone is 4. The standard InChI is InChI=1S/C13H16O2/c1-3-7-8(4-2)10-5-9(7)11-6-15-13(14)12(10)11/h3-4,9-12H,5-6H2,1-2H3/b7-3+,8-4?. The van der Waals surface area contributed by atoms with Crippen molar-refractivity contribution in [3.63, 3.8) is 0 Å². The van der Waals surface area contributed by atoms with Crippen LogP contribution in [-0.2, 0) is 9.53 Å². The molecule has 15 heavy (non-hydrogen) atoms. The largest absolute Gasteiger partial charge is 0.465 e. The number of carbonyl (C=O) groups is 1. The van der Waals surface area contributed by atoms with Crippen LogP contribution in [0.4, 0.5) is 0 Å². The highest BCUT2D eigenvalue weighted by molar-refractivity contribution is 5.78. The number of ether oxygens (including phenoxy) is 1. The van der Waals surface area contributed by atoms with E-state index in [1.807, 2.05) is 0 Å². The predicted octanol–water partition coefficient (Wildman–Crippen LogP) is 2.32. The van der Waals surface area contributed by atoms with Crippen LogP contribution in [0.2, 0.25) is 0 Å². The normalized spacial score (nSPS) is 47.7. The molecule has 80 valence electrons. The SMILES string of the molecule is CC=C1/C(=C\C)C2CC1C1C(=O)OCC21. The Balaban J connectivity index is 2.05. The summed E-state index contributed by atoms with van der Waals surface area (Å²) in [6, 6.07) is 0. The topological polar surface area (TPSA) is 26.3 Å². The number of esters is 1. The van der Waals surface area contributed by atoms with Crippen LogP contribution >= 0.6 is 0 Å². The van der Waals surface area contributed by atoms with Crippen LogP contribution in [0.5, 0.6) is 0 Å². The van der Waals surface area contributed by atoms with Gasteiger partial charge in [0.2, 0.25) is 0 Å². The zero-order valence-corrected chi connectivity index (χ0v) is 9.19. The van der Waals surface area contributed by atoms with Gasteiger partial charge in [0.25, 0.3) is 0 Å². The highest BCUT2D eigenvalue weighted by atomic mass is 16.5. The molecule has 0 aromatic rings. The first-order valence-electron chi connectivity index (χ1n) is 5.77. The van der Waals surface area contributed by atoms with Crippen LogP contribution in [-0.4, -0.2) is 12.6 Å². The van der Waals surface area contributed by atoms with E-state index >= 15 is 0 Å². The van der Waals surface area contributed by atoms with E-state index in [4.69, 9.17) is 4.74 Å². The lowest BCUT2D eigenvalue weighted by Crippen LogP contribution is -2.26. The van der Waals surface area contributed by atoms with Gasteiger partial charge >= 0.3 is 5.97 Å². The molecule has 2 nitrogen and oxygen atoms in total. The lowest BCUT2D eigenvalue weighted by atomic mass is 9.75. The fourth-order valence-electron chi connectivity index (χ4n) is 3.84. The van der Waals surface area contributed by atoms with Gasteiger partial charge in [-0.2, -0.15) is 0 Å². The molecule has 3 rings (SSSR count). The van der Waals surface area contributed by atoms with Crippen molar-refractivity contribution in [3.05, 3.63) is 23.3 Å². The summed E-state index contributed by atoms with van der Waals surface area (Å²) < 4.78 is 5.19. The predicted molar refractivity (Wildman–Crippen MR) is 57.1 cm³/mol. The second kappa shape index (κ2) is 2.97. The molecule has 2 aliphatic carbocycles. The summed E-state index contributed by atoms with van der Waals surface area (Å²) in [5.41, 5.74) is 2.88. The first kappa shape index (κ1) is 9.20. The van der Waals surface area contributed by atoms with Gasteiger partial charge in [0.1, 0.15) is 0 Å². The summed E-state index contributed by atoms with van der Waals surface area (Å²) in [5, 5.41) is 0. The van der Waals surface area contributed by atoms with E-state index in [0.29, 0.717) is 24.4 Å². The van der Waals surface area contributed by atoms with Crippen molar-refractivity contribution in [3.8, 4) is 0 Å². The molecule has 0 spiro atoms. The quantitative estimate of drug-likeness (QED) is 0.566. The van der Waals surface area contributed by atoms with Gasteiger partial charge in [-0.1, -0.05) is 12.2 Å². The van der Waals surface area contributed by atoms with Gasteiger partial charge in [0, 0.05) is 5.92 Å². The molecular formula is C13H16O2. The van der Waals surface area contributed by atoms with Crippen LogP contribution in [0.15, 0.2) is 23.3 Å². The van der Waals surface area contributed by atoms with Gasteiger partial charge in [-0.15, -0.1) is 0 Å². The maximum absolute atomic E-state index is 11.6. The van der Waals surface area contributed by atoms with Crippen LogP contribution < -0.4 is 0 Å². The van der Waals surface area contributed by atoms with Gasteiger partial charge in [-0.25, -0.2) is 0 Å². The first-order valence-corrected chi connectivity index (χ1v) is 5.77. The summed E-state index contributed by atoms with van der Waals surface area (Å²) in [5.74, 6) is 1.72. The van der Waals surface area contributed by atoms with Crippen LogP contribution in [0.25, 0.3) is 0 Å². The minimum absolute atomic E-state index is 0.0435. The zero-order chi connectivity index (χ0) is 10.6. The molecule has 2 saturated carbocycles. The van der Waals surface area contributed by atoms with E-state index in [0.717, 1.165) is 0 Å². The third-order valence-corrected chi connectivity index (χ3v) is 4.36. The van der Waals surface area contributed by atoms with Crippen molar-refractivity contribution in [2.45, 2.75) is 20.3 Å². The Kier molecular flexibility index (Phi) is 1.82. The van der Waals surface area contributed by atoms with Crippen molar-refractivity contribution in [2.75, 3.05) is 6.61 Å². The van der Waals surface area contributed by atoms with Crippen LogP contribution in [0, 0.1) is 23.7 Å². The van der Waals surface area contributed by atoms with E-state index < -0.39 is 0 Å². The minimum atomic E-state index is 0.0435. The number of cyclic esters (lactones) is 1. The van der Waals surface area contributed by atoms with Crippen molar-refractivity contribution in [1.29, 1.82) is 0 Å². The fraction of sp³-hybridized carbons (Fsp3) is 0.615. The Bertz CT molecular complexity index is 378. The number of fused-ring (bicyclic) bond motifs is 5. The molecule has 0 radical (unpaired) electrons. The van der Waals surface area contributed by atoms with Gasteiger partial charge in [0.15, 0.2) is 0 Å². The fourth-order valence-corrected chi connectivity index (χ4v) is 3.84. The zero-order valence-electron chi connectivity index (χ0n) is 9.19. The number of hydrogen-bond donors (Lipinski definition) is 0. The Morgan fingerprint density at radius 3 is 2.53 bits per heavy atom. The second-order valence-corrected chi connectivity index (χ2v) is 4.76. The van der Waals surface area contributed by atoms with Crippen LogP contribution in [0.1, 0.15) is 20.3 Å². The lowest BCUT2D eigenvalue weighted by Gasteiger charge is -2.25. The van der Waals surface area contributed by atoms with Crippen molar-refractivity contribution in [2.24, 2.45) is 23.7 Å². The van der Waals surface area contributed by atoms with Gasteiger partial charge < -0.3 is 4.74 Å². The molecule has 3 aliphatic rings. The molecule has 0 aromatic heterocycles. The van der Waals surface area contributed by atoms with E-state index in [9.17, 15) is 4.79 Å². The molecule has 3 fully saturated rings. The van der Waals surface area contributed by atoms with Gasteiger partial charge in [-0.05, 0) is 43.3 Å². The summed E-state index contributed by atoms with van der Waals surface area (Å²) in [7, 11) is 0. The Morgan fingerprint density at radius 1 is 1.20 bits per heavy atom. The Morgan fingerprint density at radius 2 is 1.87 bits per heavy atom. The third kappa shape index (κ3) is 0.973. The van der Waals surface area contributed by atoms with Gasteiger partial charge in [-0.3, -0.25) is 4.79 Å². The molecule has 4 unspecified atom stereocenters. The van der Waals surface area contributed by atoms with E-state index in [1.54, 1.807) is 0 Å². The second-order valence-electron chi connectivity index (χ2n) is 4.76. The molecule has 0 N–H and O–H groups in total. The maximum atomic E-state index is 11.6. The van der Waals surface area contributed by atoms with Crippen molar-refractivity contribution >= 4 is 5.97 Å². The van der Waals surface area contributed by atoms with Crippen LogP contribution in [0.3, 0.4) is 0 Å². The summed E-state index contributed by atoms with van der Waals surface area (Å²) in [6.07, 6.45) is 5.57. The smallest absolute Gasteiger partial charge is 0.310 e. The molecule has 1 heterocycles. The van der Waals surface area contributed by atoms with E-state index in [1.165, 1.54) is 17.6 Å². The number of rotatable bonds is 0. The highest BCUT2D eigenvalue weighted by Gasteiger charge is 2.58. The molecule has 4 atom stereocenters. The maximum Gasteiger partial charge on any atom is 0.310 e. The van der Waals surface area contributed by atoms with Crippen molar-refractivity contribution < 1.29 is 9.53 Å². The molecule has 2 heteroatoms. The lowest BCUT2D eigenvalue weighted by molar-refractivity contribution is -0.142. The third-order valence-electron chi connectivity index (χ3n) is 4.36. The molecule has 1 saturated heterocycles. The summed E-state index contributed by atoms with van der Waals surface area (Å²) in [6.45, 7) is 4.83. The Labute approximate surface area is 90.0 Å². The minimum Gasteiger partial charge on any atom is -0.465 e. The van der Waals surface area contributed by atoms with Crippen molar-refractivity contribution in [1.82, 2.24) is 0 Å². The molecular weight excluding hydrogens is 188 g/mol. The average molecular weight is 204 g/mol. The molecule has 2 bridgehead atoms. The Hall–Kier alpha value is -1.05. The first-order chi connectivity index (χ1) is 7.27. The number of hydrogen-bond acceptors (Lipinski definition) is 2. The summed E-state index contributed by atoms with van der Waals surface area (Å²) >= 11 is 0. The monoisotopic (exact) mass is 204 g/mol. The molecule has 1 aliphatic heterocycles. The molecule has 0 aromatic carbocycles. The summed E-state index contributed by atoms with van der Waals surface area (Å²) in [4.78, 5) is 11.6. The number of carbonyl (C=O) groups excluding carboxylic acids is 1. The van der Waals surface area contributed by atoms with Gasteiger partial charge in [0.05, 0.1) is 12.5 Å². The van der Waals surface area contributed by atoms with E-state index in [-0.39, 0.29) is 11.9 Å². The highest BCUT2D eigenvalue weighted by Crippen LogP contribution is 2.59. The van der Waals surface area contributed by atoms with E-state index in [2.05, 4.69) is 26.0 Å².